The highest BCUT2D eigenvalue weighted by Crippen LogP contribution is 2.08. The highest BCUT2D eigenvalue weighted by Gasteiger charge is 2.23. The SMILES string of the molecule is CC(C)C[C@H](NC(=O)c1cccnc1F)C(=O)O. The van der Waals surface area contributed by atoms with Gasteiger partial charge in [-0.2, -0.15) is 4.39 Å². The monoisotopic (exact) mass is 254 g/mol. The minimum atomic E-state index is -1.14. The van der Waals surface area contributed by atoms with Gasteiger partial charge < -0.3 is 10.4 Å². The molecule has 0 saturated carbocycles. The standard InChI is InChI=1S/C12H15FN2O3/c1-7(2)6-9(12(17)18)15-11(16)8-4-3-5-14-10(8)13/h3-5,7,9H,6H2,1-2H3,(H,15,16)(H,17,18)/t9-/m0/s1. The molecule has 1 heterocycles. The molecule has 0 unspecified atom stereocenters. The Bertz CT molecular complexity index is 449. The number of hydrogen-bond donors (Lipinski definition) is 2. The fourth-order valence-electron chi connectivity index (χ4n) is 1.48. The molecule has 0 aliphatic carbocycles. The van der Waals surface area contributed by atoms with Crippen LogP contribution in [0, 0.1) is 11.9 Å². The van der Waals surface area contributed by atoms with Crippen molar-refractivity contribution in [2.45, 2.75) is 26.3 Å². The normalized spacial score (nSPS) is 12.2. The maximum Gasteiger partial charge on any atom is 0.326 e. The van der Waals surface area contributed by atoms with Gasteiger partial charge in [0, 0.05) is 6.20 Å². The predicted octanol–water partition coefficient (Wildman–Crippen LogP) is 1.45. The Morgan fingerprint density at radius 1 is 1.50 bits per heavy atom. The van der Waals surface area contributed by atoms with Gasteiger partial charge in [0.15, 0.2) is 0 Å². The first-order chi connectivity index (χ1) is 8.41. The average molecular weight is 254 g/mol. The third kappa shape index (κ3) is 3.80. The molecule has 0 saturated heterocycles. The van der Waals surface area contributed by atoms with E-state index in [-0.39, 0.29) is 17.9 Å². The lowest BCUT2D eigenvalue weighted by atomic mass is 10.0. The van der Waals surface area contributed by atoms with Gasteiger partial charge in [0.25, 0.3) is 5.91 Å². The van der Waals surface area contributed by atoms with Crippen molar-refractivity contribution in [3.05, 3.63) is 29.8 Å². The molecule has 0 aliphatic rings. The van der Waals surface area contributed by atoms with Crippen molar-refractivity contribution in [3.8, 4) is 0 Å². The van der Waals surface area contributed by atoms with Gasteiger partial charge in [0.05, 0.1) is 5.56 Å². The van der Waals surface area contributed by atoms with Gasteiger partial charge in [0.2, 0.25) is 5.95 Å². The van der Waals surface area contributed by atoms with E-state index in [9.17, 15) is 14.0 Å². The number of nitrogens with one attached hydrogen (secondary N) is 1. The molecule has 0 aliphatic heterocycles. The van der Waals surface area contributed by atoms with Gasteiger partial charge >= 0.3 is 5.97 Å². The van der Waals surface area contributed by atoms with Crippen molar-refractivity contribution in [1.82, 2.24) is 10.3 Å². The lowest BCUT2D eigenvalue weighted by Gasteiger charge is -2.16. The van der Waals surface area contributed by atoms with E-state index in [4.69, 9.17) is 5.11 Å². The largest absolute Gasteiger partial charge is 0.480 e. The number of pyridine rings is 1. The van der Waals surface area contributed by atoms with Crippen LogP contribution in [0.15, 0.2) is 18.3 Å². The summed E-state index contributed by atoms with van der Waals surface area (Å²) in [5, 5.41) is 11.2. The van der Waals surface area contributed by atoms with E-state index in [1.807, 2.05) is 13.8 Å². The van der Waals surface area contributed by atoms with Gasteiger partial charge in [-0.3, -0.25) is 4.79 Å². The second-order valence-corrected chi connectivity index (χ2v) is 4.34. The zero-order valence-corrected chi connectivity index (χ0v) is 10.2. The molecule has 1 atom stereocenters. The summed E-state index contributed by atoms with van der Waals surface area (Å²) in [6.45, 7) is 3.68. The number of carboxylic acids is 1. The smallest absolute Gasteiger partial charge is 0.326 e. The highest BCUT2D eigenvalue weighted by atomic mass is 19.1. The molecule has 2 N–H and O–H groups in total. The number of carbonyl (C=O) groups excluding carboxylic acids is 1. The fraction of sp³-hybridized carbons (Fsp3) is 0.417. The second kappa shape index (κ2) is 6.09. The Morgan fingerprint density at radius 3 is 2.67 bits per heavy atom. The minimum Gasteiger partial charge on any atom is -0.480 e. The lowest BCUT2D eigenvalue weighted by molar-refractivity contribution is -0.139. The van der Waals surface area contributed by atoms with Crippen molar-refractivity contribution in [2.24, 2.45) is 5.92 Å². The average Bonchev–Trinajstić information content (AvgIpc) is 2.27. The molecular formula is C12H15FN2O3. The summed E-state index contributed by atoms with van der Waals surface area (Å²) in [7, 11) is 0. The van der Waals surface area contributed by atoms with E-state index in [1.165, 1.54) is 18.3 Å². The van der Waals surface area contributed by atoms with Crippen molar-refractivity contribution < 1.29 is 19.1 Å². The molecule has 1 amide bonds. The number of rotatable bonds is 5. The Kier molecular flexibility index (Phi) is 4.76. The molecule has 0 fully saturated rings. The van der Waals surface area contributed by atoms with Crippen LogP contribution in [0.5, 0.6) is 0 Å². The lowest BCUT2D eigenvalue weighted by Crippen LogP contribution is -2.42. The van der Waals surface area contributed by atoms with Crippen LogP contribution in [0.4, 0.5) is 4.39 Å². The van der Waals surface area contributed by atoms with Crippen LogP contribution in [0.2, 0.25) is 0 Å². The zero-order chi connectivity index (χ0) is 13.7. The van der Waals surface area contributed by atoms with E-state index in [2.05, 4.69) is 10.3 Å². The quantitative estimate of drug-likeness (QED) is 0.779. The van der Waals surface area contributed by atoms with Gasteiger partial charge in [-0.05, 0) is 24.5 Å². The van der Waals surface area contributed by atoms with Gasteiger partial charge in [-0.25, -0.2) is 9.78 Å². The summed E-state index contributed by atoms with van der Waals surface area (Å²) < 4.78 is 13.2. The molecule has 98 valence electrons. The van der Waals surface area contributed by atoms with Crippen molar-refractivity contribution >= 4 is 11.9 Å². The first kappa shape index (κ1) is 14.1. The molecule has 6 heteroatoms. The maximum atomic E-state index is 13.2. The molecule has 0 bridgehead atoms. The summed E-state index contributed by atoms with van der Waals surface area (Å²) >= 11 is 0. The summed E-state index contributed by atoms with van der Waals surface area (Å²) in [6, 6.07) is 1.64. The summed E-state index contributed by atoms with van der Waals surface area (Å²) in [5.41, 5.74) is -0.257. The molecule has 0 aromatic carbocycles. The maximum absolute atomic E-state index is 13.2. The number of hydrogen-bond acceptors (Lipinski definition) is 3. The van der Waals surface area contributed by atoms with Crippen molar-refractivity contribution in [3.63, 3.8) is 0 Å². The molecular weight excluding hydrogens is 239 g/mol. The Hall–Kier alpha value is -1.98. The third-order valence-electron chi connectivity index (χ3n) is 2.31. The highest BCUT2D eigenvalue weighted by molar-refractivity contribution is 5.96. The van der Waals surface area contributed by atoms with Crippen LogP contribution in [0.25, 0.3) is 0 Å². The number of carboxylic acid groups (broad SMARTS) is 1. The Morgan fingerprint density at radius 2 is 2.17 bits per heavy atom. The van der Waals surface area contributed by atoms with Crippen LogP contribution in [-0.4, -0.2) is 28.0 Å². The molecule has 1 aromatic rings. The van der Waals surface area contributed by atoms with Gasteiger partial charge in [-0.15, -0.1) is 0 Å². The van der Waals surface area contributed by atoms with Crippen LogP contribution in [-0.2, 0) is 4.79 Å². The Labute approximate surface area is 104 Å². The van der Waals surface area contributed by atoms with Crippen molar-refractivity contribution in [1.29, 1.82) is 0 Å². The van der Waals surface area contributed by atoms with E-state index < -0.39 is 23.9 Å². The molecule has 1 rings (SSSR count). The molecule has 18 heavy (non-hydrogen) atoms. The first-order valence-electron chi connectivity index (χ1n) is 5.56. The predicted molar refractivity (Wildman–Crippen MR) is 62.5 cm³/mol. The summed E-state index contributed by atoms with van der Waals surface area (Å²) in [4.78, 5) is 26.0. The van der Waals surface area contributed by atoms with Crippen LogP contribution in [0.1, 0.15) is 30.6 Å². The van der Waals surface area contributed by atoms with E-state index in [0.29, 0.717) is 0 Å². The molecule has 0 radical (unpaired) electrons. The summed E-state index contributed by atoms with van der Waals surface area (Å²) in [6.07, 6.45) is 1.50. The van der Waals surface area contributed by atoms with Gasteiger partial charge in [-0.1, -0.05) is 13.8 Å². The third-order valence-corrected chi connectivity index (χ3v) is 2.31. The number of aliphatic carboxylic acids is 1. The number of amides is 1. The molecule has 0 spiro atoms. The minimum absolute atomic E-state index is 0.102. The van der Waals surface area contributed by atoms with Crippen LogP contribution >= 0.6 is 0 Å². The second-order valence-electron chi connectivity index (χ2n) is 4.34. The fourth-order valence-corrected chi connectivity index (χ4v) is 1.48. The van der Waals surface area contributed by atoms with Crippen LogP contribution in [0.3, 0.4) is 0 Å². The van der Waals surface area contributed by atoms with E-state index in [1.54, 1.807) is 0 Å². The number of aromatic nitrogens is 1. The number of halogens is 1. The van der Waals surface area contributed by atoms with E-state index in [0.717, 1.165) is 0 Å². The molecule has 1 aromatic heterocycles. The van der Waals surface area contributed by atoms with Gasteiger partial charge in [0.1, 0.15) is 6.04 Å². The zero-order valence-electron chi connectivity index (χ0n) is 10.2. The molecule has 5 nitrogen and oxygen atoms in total. The Balaban J connectivity index is 2.79. The van der Waals surface area contributed by atoms with E-state index >= 15 is 0 Å². The first-order valence-corrected chi connectivity index (χ1v) is 5.56. The van der Waals surface area contributed by atoms with Crippen molar-refractivity contribution in [2.75, 3.05) is 0 Å². The summed E-state index contributed by atoms with van der Waals surface area (Å²) in [5.74, 6) is -2.72. The topological polar surface area (TPSA) is 79.3 Å². The van der Waals surface area contributed by atoms with Crippen LogP contribution < -0.4 is 5.32 Å². The number of carbonyl (C=O) groups is 2. The number of nitrogens with zero attached hydrogens (tertiary/aromatic N) is 1.